The molecule has 2 aliphatic rings. The number of rotatable bonds is 4. The molecular formula is C20H18FN3O2. The molecule has 3 amide bonds. The van der Waals surface area contributed by atoms with Crippen molar-refractivity contribution in [2.24, 2.45) is 0 Å². The second kappa shape index (κ2) is 6.63. The zero-order chi connectivity index (χ0) is 18.1. The molecule has 2 heterocycles. The summed E-state index contributed by atoms with van der Waals surface area (Å²) in [5.41, 5.74) is 2.41. The summed E-state index contributed by atoms with van der Waals surface area (Å²) in [6, 6.07) is 14.9. The van der Waals surface area contributed by atoms with Gasteiger partial charge >= 0.3 is 6.03 Å². The van der Waals surface area contributed by atoms with E-state index in [-0.39, 0.29) is 5.91 Å². The van der Waals surface area contributed by atoms with Crippen LogP contribution in [0.15, 0.2) is 65.9 Å². The van der Waals surface area contributed by atoms with Gasteiger partial charge in [0.1, 0.15) is 5.82 Å². The van der Waals surface area contributed by atoms with Crippen molar-refractivity contribution in [2.45, 2.75) is 12.5 Å². The molecule has 26 heavy (non-hydrogen) atoms. The number of nitrogens with zero attached hydrogens (tertiary/aromatic N) is 1. The third kappa shape index (κ3) is 2.94. The second-order valence-corrected chi connectivity index (χ2v) is 6.41. The molecule has 1 atom stereocenters. The average Bonchev–Trinajstić information content (AvgIpc) is 2.96. The van der Waals surface area contributed by atoms with Gasteiger partial charge in [0.15, 0.2) is 0 Å². The molecule has 2 N–H and O–H groups in total. The Morgan fingerprint density at radius 2 is 1.77 bits per heavy atom. The normalized spacial score (nSPS) is 19.3. The molecule has 4 rings (SSSR count). The molecule has 132 valence electrons. The molecule has 0 bridgehead atoms. The molecular weight excluding hydrogens is 333 g/mol. The molecule has 2 aromatic rings. The summed E-state index contributed by atoms with van der Waals surface area (Å²) in [6.45, 7) is 0.870. The average molecular weight is 351 g/mol. The highest BCUT2D eigenvalue weighted by atomic mass is 19.1. The highest BCUT2D eigenvalue weighted by Crippen LogP contribution is 2.33. The Morgan fingerprint density at radius 1 is 1.04 bits per heavy atom. The number of benzene rings is 2. The molecule has 1 unspecified atom stereocenters. The van der Waals surface area contributed by atoms with Crippen molar-refractivity contribution in [3.8, 4) is 0 Å². The first kappa shape index (κ1) is 16.3. The summed E-state index contributed by atoms with van der Waals surface area (Å²) >= 11 is 0. The van der Waals surface area contributed by atoms with Crippen molar-refractivity contribution in [3.05, 3.63) is 82.8 Å². The Balaban J connectivity index is 1.57. The van der Waals surface area contributed by atoms with Crippen LogP contribution in [0.2, 0.25) is 0 Å². The number of urea groups is 1. The van der Waals surface area contributed by atoms with Crippen molar-refractivity contribution < 1.29 is 14.0 Å². The zero-order valence-electron chi connectivity index (χ0n) is 14.0. The smallest absolute Gasteiger partial charge is 0.319 e. The monoisotopic (exact) mass is 351 g/mol. The minimum atomic E-state index is -0.769. The van der Waals surface area contributed by atoms with Gasteiger partial charge in [0.05, 0.1) is 23.9 Å². The van der Waals surface area contributed by atoms with Crippen LogP contribution in [0.3, 0.4) is 0 Å². The first-order valence-corrected chi connectivity index (χ1v) is 8.51. The Labute approximate surface area is 150 Å². The largest absolute Gasteiger partial charge is 0.333 e. The number of hydrogen-bond donors (Lipinski definition) is 2. The van der Waals surface area contributed by atoms with E-state index in [2.05, 4.69) is 10.6 Å². The fourth-order valence-corrected chi connectivity index (χ4v) is 3.46. The number of hydrogen-bond acceptors (Lipinski definition) is 2. The van der Waals surface area contributed by atoms with E-state index in [1.807, 2.05) is 30.3 Å². The molecule has 5 nitrogen and oxygen atoms in total. The summed E-state index contributed by atoms with van der Waals surface area (Å²) in [5.74, 6) is -0.612. The molecule has 2 aromatic carbocycles. The molecule has 0 radical (unpaired) electrons. The van der Waals surface area contributed by atoms with E-state index in [9.17, 15) is 14.0 Å². The van der Waals surface area contributed by atoms with E-state index < -0.39 is 17.9 Å². The van der Waals surface area contributed by atoms with E-state index in [1.165, 1.54) is 6.07 Å². The number of carbonyl (C=O) groups is 2. The van der Waals surface area contributed by atoms with Gasteiger partial charge in [-0.05, 0) is 18.1 Å². The Hall–Kier alpha value is -3.15. The lowest BCUT2D eigenvalue weighted by atomic mass is 9.96. The van der Waals surface area contributed by atoms with Crippen molar-refractivity contribution >= 4 is 11.9 Å². The molecule has 2 aliphatic heterocycles. The molecule has 6 heteroatoms. The van der Waals surface area contributed by atoms with Crippen LogP contribution in [0.1, 0.15) is 17.2 Å². The van der Waals surface area contributed by atoms with Crippen LogP contribution >= 0.6 is 0 Å². The third-order valence-electron chi connectivity index (χ3n) is 4.75. The molecule has 0 saturated carbocycles. The lowest BCUT2D eigenvalue weighted by Gasteiger charge is -2.25. The van der Waals surface area contributed by atoms with Gasteiger partial charge < -0.3 is 15.5 Å². The highest BCUT2D eigenvalue weighted by Gasteiger charge is 2.40. The SMILES string of the molecule is O=C1NC2=C(C(=O)N(CCc3ccccc3)C2)C(c2ccccc2F)N1. The molecule has 0 fully saturated rings. The van der Waals surface area contributed by atoms with E-state index in [0.717, 1.165) is 12.0 Å². The van der Waals surface area contributed by atoms with Gasteiger partial charge in [-0.25, -0.2) is 9.18 Å². The molecule has 0 aliphatic carbocycles. The topological polar surface area (TPSA) is 61.4 Å². The van der Waals surface area contributed by atoms with Crippen molar-refractivity contribution in [1.29, 1.82) is 0 Å². The van der Waals surface area contributed by atoms with E-state index in [1.54, 1.807) is 23.1 Å². The number of nitrogens with one attached hydrogen (secondary N) is 2. The fourth-order valence-electron chi connectivity index (χ4n) is 3.46. The fraction of sp³-hybridized carbons (Fsp3) is 0.200. The van der Waals surface area contributed by atoms with Crippen molar-refractivity contribution in [1.82, 2.24) is 15.5 Å². The van der Waals surface area contributed by atoms with Crippen LogP contribution in [0.25, 0.3) is 0 Å². The highest BCUT2D eigenvalue weighted by molar-refractivity contribution is 6.01. The van der Waals surface area contributed by atoms with Crippen LogP contribution in [-0.4, -0.2) is 29.9 Å². The van der Waals surface area contributed by atoms with Crippen LogP contribution in [0.5, 0.6) is 0 Å². The summed E-state index contributed by atoms with van der Waals surface area (Å²) in [5, 5.41) is 5.37. The van der Waals surface area contributed by atoms with Crippen LogP contribution in [-0.2, 0) is 11.2 Å². The summed E-state index contributed by atoms with van der Waals surface area (Å²) < 4.78 is 14.2. The van der Waals surface area contributed by atoms with Crippen molar-refractivity contribution in [2.75, 3.05) is 13.1 Å². The number of amides is 3. The van der Waals surface area contributed by atoms with Gasteiger partial charge in [0, 0.05) is 12.1 Å². The molecule has 0 spiro atoms. The number of carbonyl (C=O) groups excluding carboxylic acids is 2. The standard InChI is InChI=1S/C20H18FN3O2/c21-15-9-5-4-8-14(15)18-17-16(22-20(26)23-18)12-24(19(17)25)11-10-13-6-2-1-3-7-13/h1-9,18H,10-12H2,(H2,22,23,26). The van der Waals surface area contributed by atoms with Gasteiger partial charge in [-0.3, -0.25) is 4.79 Å². The summed E-state index contributed by atoms with van der Waals surface area (Å²) in [4.78, 5) is 26.6. The maximum absolute atomic E-state index is 14.2. The molecule has 0 aromatic heterocycles. The third-order valence-corrected chi connectivity index (χ3v) is 4.75. The van der Waals surface area contributed by atoms with E-state index in [4.69, 9.17) is 0 Å². The zero-order valence-corrected chi connectivity index (χ0v) is 14.0. The van der Waals surface area contributed by atoms with Crippen molar-refractivity contribution in [3.63, 3.8) is 0 Å². The minimum Gasteiger partial charge on any atom is -0.333 e. The Kier molecular flexibility index (Phi) is 4.16. The van der Waals surface area contributed by atoms with E-state index >= 15 is 0 Å². The maximum Gasteiger partial charge on any atom is 0.319 e. The Morgan fingerprint density at radius 3 is 2.54 bits per heavy atom. The van der Waals surface area contributed by atoms with Gasteiger partial charge in [0.25, 0.3) is 5.91 Å². The Bertz CT molecular complexity index is 895. The maximum atomic E-state index is 14.2. The van der Waals surface area contributed by atoms with Crippen LogP contribution < -0.4 is 10.6 Å². The summed E-state index contributed by atoms with van der Waals surface area (Å²) in [6.07, 6.45) is 0.721. The first-order valence-electron chi connectivity index (χ1n) is 8.51. The predicted octanol–water partition coefficient (Wildman–Crippen LogP) is 2.52. The van der Waals surface area contributed by atoms with Gasteiger partial charge in [0.2, 0.25) is 0 Å². The van der Waals surface area contributed by atoms with Crippen LogP contribution in [0, 0.1) is 5.82 Å². The van der Waals surface area contributed by atoms with E-state index in [0.29, 0.717) is 29.9 Å². The minimum absolute atomic E-state index is 0.170. The van der Waals surface area contributed by atoms with Gasteiger partial charge in [-0.15, -0.1) is 0 Å². The summed E-state index contributed by atoms with van der Waals surface area (Å²) in [7, 11) is 0. The van der Waals surface area contributed by atoms with Gasteiger partial charge in [-0.1, -0.05) is 48.5 Å². The molecule has 0 saturated heterocycles. The van der Waals surface area contributed by atoms with Gasteiger partial charge in [-0.2, -0.15) is 0 Å². The lowest BCUT2D eigenvalue weighted by Crippen LogP contribution is -2.44. The first-order chi connectivity index (χ1) is 12.6. The second-order valence-electron chi connectivity index (χ2n) is 6.41. The number of halogens is 1. The quantitative estimate of drug-likeness (QED) is 0.889. The van der Waals surface area contributed by atoms with Crippen LogP contribution in [0.4, 0.5) is 9.18 Å². The predicted molar refractivity (Wildman–Crippen MR) is 94.6 cm³/mol. The lowest BCUT2D eigenvalue weighted by molar-refractivity contribution is -0.125.